The van der Waals surface area contributed by atoms with Crippen LogP contribution in [-0.4, -0.2) is 68.5 Å². The Kier molecular flexibility index (Phi) is 59.9. The van der Waals surface area contributed by atoms with Crippen molar-refractivity contribution in [3.8, 4) is 0 Å². The Bertz CT molecular complexity index is 1530. The lowest BCUT2D eigenvalue weighted by molar-refractivity contribution is -0.870. The Hall–Kier alpha value is -2.06. The normalized spacial score (nSPS) is 14.1. The molecule has 80 heavy (non-hydrogen) atoms. The van der Waals surface area contributed by atoms with E-state index in [2.05, 4.69) is 79.9 Å². The van der Waals surface area contributed by atoms with Gasteiger partial charge in [-0.15, -0.1) is 0 Å². The van der Waals surface area contributed by atoms with Gasteiger partial charge in [-0.05, 0) is 64.2 Å². The second-order valence-electron chi connectivity index (χ2n) is 24.5. The number of unbranched alkanes of at least 4 members (excludes halogenated alkanes) is 40. The van der Waals surface area contributed by atoms with Gasteiger partial charge in [0.25, 0.3) is 7.82 Å². The average Bonchev–Trinajstić information content (AvgIpc) is 3.42. The first-order chi connectivity index (χ1) is 39.0. The highest BCUT2D eigenvalue weighted by Crippen LogP contribution is 2.38. The van der Waals surface area contributed by atoms with Crippen LogP contribution in [-0.2, 0) is 18.4 Å². The molecule has 0 aromatic rings. The standard InChI is InChI=1S/C71H133N2O6P/c1-6-8-10-12-14-16-18-20-22-24-26-28-30-32-34-35-36-37-39-41-43-45-47-49-51-53-55-57-59-61-63-65-71(75)72-69(68-79-80(76,77)78-67-66-73(3,4)5)70(74)64-62-60-58-56-54-52-50-48-46-44-42-40-38-33-31-29-27-25-23-21-19-17-15-13-11-9-7-2/h8,10,14,16,20,22,26,28,32,34,62,64,69-70,74H,6-7,9,11-13,15,17-19,21,23-25,27,29-31,33,35-61,63,65-68H2,1-5H3,(H-,72,75,76,77)/b10-8-,16-14-,22-20-,28-26-,34-32-,64-62+. The molecule has 0 saturated heterocycles. The molecule has 0 aliphatic heterocycles. The van der Waals surface area contributed by atoms with Crippen LogP contribution in [0.4, 0.5) is 0 Å². The maximum atomic E-state index is 13.0. The fourth-order valence-corrected chi connectivity index (χ4v) is 10.8. The van der Waals surface area contributed by atoms with Gasteiger partial charge in [0.15, 0.2) is 0 Å². The molecule has 0 aromatic heterocycles. The van der Waals surface area contributed by atoms with Crippen LogP contribution in [0.5, 0.6) is 0 Å². The van der Waals surface area contributed by atoms with Gasteiger partial charge in [-0.3, -0.25) is 9.36 Å². The summed E-state index contributed by atoms with van der Waals surface area (Å²) in [7, 11) is 1.27. The van der Waals surface area contributed by atoms with Crippen LogP contribution < -0.4 is 10.2 Å². The highest BCUT2D eigenvalue weighted by Gasteiger charge is 2.23. The number of nitrogens with one attached hydrogen (secondary N) is 1. The molecular formula is C71H133N2O6P. The number of nitrogens with zero attached hydrogens (tertiary/aromatic N) is 1. The summed E-state index contributed by atoms with van der Waals surface area (Å²) in [5, 5.41) is 14.0. The van der Waals surface area contributed by atoms with E-state index in [1.165, 1.54) is 231 Å². The zero-order chi connectivity index (χ0) is 58.4. The molecule has 0 radical (unpaired) electrons. The molecule has 0 aromatic carbocycles. The van der Waals surface area contributed by atoms with Crippen LogP contribution >= 0.6 is 7.82 Å². The predicted molar refractivity (Wildman–Crippen MR) is 348 cm³/mol. The van der Waals surface area contributed by atoms with E-state index in [4.69, 9.17) is 9.05 Å². The number of rotatable bonds is 63. The minimum absolute atomic E-state index is 0.00195. The Morgan fingerprint density at radius 1 is 0.450 bits per heavy atom. The van der Waals surface area contributed by atoms with Crippen molar-refractivity contribution in [2.45, 2.75) is 334 Å². The lowest BCUT2D eigenvalue weighted by Crippen LogP contribution is -2.45. The fourth-order valence-electron chi connectivity index (χ4n) is 10.1. The Morgan fingerprint density at radius 3 is 1.11 bits per heavy atom. The van der Waals surface area contributed by atoms with E-state index in [-0.39, 0.29) is 19.1 Å². The lowest BCUT2D eigenvalue weighted by atomic mass is 10.0. The van der Waals surface area contributed by atoms with E-state index < -0.39 is 20.0 Å². The van der Waals surface area contributed by atoms with Crippen molar-refractivity contribution in [3.05, 3.63) is 72.9 Å². The molecule has 2 N–H and O–H groups in total. The number of carbonyl (C=O) groups excluding carboxylic acids is 1. The molecule has 0 bridgehead atoms. The first kappa shape index (κ1) is 77.9. The maximum Gasteiger partial charge on any atom is 0.268 e. The van der Waals surface area contributed by atoms with Crippen molar-refractivity contribution in [1.82, 2.24) is 5.32 Å². The summed E-state index contributed by atoms with van der Waals surface area (Å²) in [5.41, 5.74) is 0. The van der Waals surface area contributed by atoms with Gasteiger partial charge in [0.05, 0.1) is 39.9 Å². The molecule has 0 rings (SSSR count). The number of phosphoric acid groups is 1. The van der Waals surface area contributed by atoms with Crippen molar-refractivity contribution in [1.29, 1.82) is 0 Å². The van der Waals surface area contributed by atoms with E-state index in [9.17, 15) is 19.4 Å². The van der Waals surface area contributed by atoms with E-state index in [1.54, 1.807) is 6.08 Å². The van der Waals surface area contributed by atoms with Gasteiger partial charge >= 0.3 is 0 Å². The minimum Gasteiger partial charge on any atom is -0.756 e. The van der Waals surface area contributed by atoms with Crippen molar-refractivity contribution < 1.29 is 32.9 Å². The van der Waals surface area contributed by atoms with Crippen LogP contribution in [0.3, 0.4) is 0 Å². The number of amides is 1. The maximum absolute atomic E-state index is 13.0. The first-order valence-electron chi connectivity index (χ1n) is 34.3. The highest BCUT2D eigenvalue weighted by molar-refractivity contribution is 7.45. The predicted octanol–water partition coefficient (Wildman–Crippen LogP) is 21.1. The second-order valence-corrected chi connectivity index (χ2v) is 25.9. The minimum atomic E-state index is -4.61. The zero-order valence-corrected chi connectivity index (χ0v) is 54.4. The number of allylic oxidation sites excluding steroid dienone is 11. The first-order valence-corrected chi connectivity index (χ1v) is 35.8. The number of aliphatic hydroxyl groups excluding tert-OH is 1. The van der Waals surface area contributed by atoms with Crippen molar-refractivity contribution in [2.24, 2.45) is 0 Å². The van der Waals surface area contributed by atoms with Crippen molar-refractivity contribution in [3.63, 3.8) is 0 Å². The Labute approximate surface area is 497 Å². The third-order valence-corrected chi connectivity index (χ3v) is 16.4. The number of quaternary nitrogens is 1. The molecule has 0 fully saturated rings. The van der Waals surface area contributed by atoms with Crippen LogP contribution in [0, 0.1) is 0 Å². The molecule has 3 unspecified atom stereocenters. The summed E-state index contributed by atoms with van der Waals surface area (Å²) in [6.07, 6.45) is 85.8. The lowest BCUT2D eigenvalue weighted by Gasteiger charge is -2.29. The van der Waals surface area contributed by atoms with E-state index in [1.807, 2.05) is 27.2 Å². The van der Waals surface area contributed by atoms with E-state index in [0.29, 0.717) is 17.4 Å². The number of phosphoric ester groups is 1. The monoisotopic (exact) mass is 1140 g/mol. The molecule has 0 heterocycles. The average molecular weight is 1140 g/mol. The van der Waals surface area contributed by atoms with Crippen LogP contribution in [0.1, 0.15) is 322 Å². The summed E-state index contributed by atoms with van der Waals surface area (Å²) >= 11 is 0. The van der Waals surface area contributed by atoms with Gasteiger partial charge < -0.3 is 28.8 Å². The van der Waals surface area contributed by atoms with Gasteiger partial charge in [0.1, 0.15) is 13.2 Å². The molecule has 8 nitrogen and oxygen atoms in total. The van der Waals surface area contributed by atoms with E-state index >= 15 is 0 Å². The molecule has 0 spiro atoms. The molecular weight excluding hydrogens is 1010 g/mol. The molecule has 468 valence electrons. The van der Waals surface area contributed by atoms with Crippen LogP contribution in [0.2, 0.25) is 0 Å². The van der Waals surface area contributed by atoms with Gasteiger partial charge in [-0.25, -0.2) is 0 Å². The summed E-state index contributed by atoms with van der Waals surface area (Å²) in [4.78, 5) is 25.6. The third kappa shape index (κ3) is 63.5. The quantitative estimate of drug-likeness (QED) is 0.0272. The number of aliphatic hydroxyl groups is 1. The number of hydrogen-bond acceptors (Lipinski definition) is 6. The highest BCUT2D eigenvalue weighted by atomic mass is 31.2. The summed E-state index contributed by atoms with van der Waals surface area (Å²) in [5.74, 6) is -0.195. The molecule has 1 amide bonds. The SMILES string of the molecule is CC/C=C\C/C=C\C/C=C\C/C=C\C/C=C\CCCCCCCCCCCCCCCCCC(=O)NC(COP(=O)([O-])OCC[N+](C)(C)C)C(O)/C=C/CCCCCCCCCCCCCCCCCCCCCCCCCCC. The summed E-state index contributed by atoms with van der Waals surface area (Å²) in [6, 6.07) is -0.891. The number of hydrogen-bond donors (Lipinski definition) is 2. The van der Waals surface area contributed by atoms with Crippen LogP contribution in [0.25, 0.3) is 0 Å². The molecule has 0 aliphatic carbocycles. The second kappa shape index (κ2) is 61.5. The van der Waals surface area contributed by atoms with Crippen molar-refractivity contribution >= 4 is 13.7 Å². The third-order valence-electron chi connectivity index (χ3n) is 15.4. The fraction of sp³-hybridized carbons (Fsp3) is 0.817. The molecule has 9 heteroatoms. The van der Waals surface area contributed by atoms with Crippen LogP contribution in [0.15, 0.2) is 72.9 Å². The number of likely N-dealkylation sites (N-methyl/N-ethyl adjacent to an activating group) is 1. The largest absolute Gasteiger partial charge is 0.756 e. The van der Waals surface area contributed by atoms with Gasteiger partial charge in [-0.1, -0.05) is 324 Å². The molecule has 0 aliphatic rings. The molecule has 0 saturated carbocycles. The van der Waals surface area contributed by atoms with Gasteiger partial charge in [-0.2, -0.15) is 0 Å². The van der Waals surface area contributed by atoms with Crippen molar-refractivity contribution in [2.75, 3.05) is 40.9 Å². The topological polar surface area (TPSA) is 108 Å². The zero-order valence-electron chi connectivity index (χ0n) is 53.5. The molecule has 3 atom stereocenters. The number of carbonyl (C=O) groups is 1. The Balaban J connectivity index is 4.09. The summed E-state index contributed by atoms with van der Waals surface area (Å²) < 4.78 is 23.5. The Morgan fingerprint density at radius 2 is 0.762 bits per heavy atom. The van der Waals surface area contributed by atoms with E-state index in [0.717, 1.165) is 70.6 Å². The van der Waals surface area contributed by atoms with Gasteiger partial charge in [0.2, 0.25) is 5.91 Å². The van der Waals surface area contributed by atoms with Gasteiger partial charge in [0, 0.05) is 6.42 Å². The summed E-state index contributed by atoms with van der Waals surface area (Å²) in [6.45, 7) is 4.58. The smallest absolute Gasteiger partial charge is 0.268 e.